The quantitative estimate of drug-likeness (QED) is 0.859. The first-order valence-electron chi connectivity index (χ1n) is 5.61. The number of hydrogen-bond acceptors (Lipinski definition) is 2. The summed E-state index contributed by atoms with van der Waals surface area (Å²) in [5.41, 5.74) is 2.73. The molecule has 0 aliphatic carbocycles. The third kappa shape index (κ3) is 3.31. The SMILES string of the molecule is O=C(NCc1ccc(CCl)cc1)c1ccncc1. The van der Waals surface area contributed by atoms with Crippen LogP contribution in [0.15, 0.2) is 48.8 Å². The number of pyridine rings is 1. The number of nitrogens with zero attached hydrogens (tertiary/aromatic N) is 1. The van der Waals surface area contributed by atoms with Gasteiger partial charge in [-0.15, -0.1) is 11.6 Å². The number of carbonyl (C=O) groups is 1. The van der Waals surface area contributed by atoms with Crippen LogP contribution in [-0.2, 0) is 12.4 Å². The van der Waals surface area contributed by atoms with E-state index in [0.29, 0.717) is 18.0 Å². The molecule has 0 spiro atoms. The first-order valence-corrected chi connectivity index (χ1v) is 6.15. The van der Waals surface area contributed by atoms with E-state index in [-0.39, 0.29) is 5.91 Å². The normalized spacial score (nSPS) is 10.1. The Morgan fingerprint density at radius 2 is 1.67 bits per heavy atom. The number of amides is 1. The van der Waals surface area contributed by atoms with E-state index in [1.54, 1.807) is 24.5 Å². The van der Waals surface area contributed by atoms with Crippen LogP contribution in [0.1, 0.15) is 21.5 Å². The van der Waals surface area contributed by atoms with Crippen LogP contribution in [0.3, 0.4) is 0 Å². The summed E-state index contributed by atoms with van der Waals surface area (Å²) in [6.07, 6.45) is 3.20. The molecular formula is C14H13ClN2O. The number of halogens is 1. The van der Waals surface area contributed by atoms with E-state index in [1.165, 1.54) is 0 Å². The fourth-order valence-corrected chi connectivity index (χ4v) is 1.71. The second-order valence-corrected chi connectivity index (χ2v) is 4.14. The van der Waals surface area contributed by atoms with Gasteiger partial charge >= 0.3 is 0 Å². The van der Waals surface area contributed by atoms with Gasteiger partial charge in [-0.2, -0.15) is 0 Å². The van der Waals surface area contributed by atoms with Crippen molar-refractivity contribution in [2.24, 2.45) is 0 Å². The number of benzene rings is 1. The summed E-state index contributed by atoms with van der Waals surface area (Å²) in [6, 6.07) is 11.2. The second-order valence-electron chi connectivity index (χ2n) is 3.87. The monoisotopic (exact) mass is 260 g/mol. The van der Waals surface area contributed by atoms with Gasteiger partial charge < -0.3 is 5.32 Å². The van der Waals surface area contributed by atoms with E-state index in [2.05, 4.69) is 10.3 Å². The molecule has 0 atom stereocenters. The van der Waals surface area contributed by atoms with Gasteiger partial charge in [-0.1, -0.05) is 24.3 Å². The van der Waals surface area contributed by atoms with E-state index in [4.69, 9.17) is 11.6 Å². The summed E-state index contributed by atoms with van der Waals surface area (Å²) in [5, 5.41) is 2.85. The molecule has 1 heterocycles. The molecule has 1 N–H and O–H groups in total. The summed E-state index contributed by atoms with van der Waals surface area (Å²) >= 11 is 5.71. The molecular weight excluding hydrogens is 248 g/mol. The van der Waals surface area contributed by atoms with Gasteiger partial charge in [0, 0.05) is 30.4 Å². The maximum Gasteiger partial charge on any atom is 0.251 e. The predicted octanol–water partition coefficient (Wildman–Crippen LogP) is 2.75. The highest BCUT2D eigenvalue weighted by Gasteiger charge is 2.03. The predicted molar refractivity (Wildman–Crippen MR) is 71.4 cm³/mol. The van der Waals surface area contributed by atoms with E-state index < -0.39 is 0 Å². The Bertz CT molecular complexity index is 511. The largest absolute Gasteiger partial charge is 0.348 e. The van der Waals surface area contributed by atoms with Crippen molar-refractivity contribution < 1.29 is 4.79 Å². The second kappa shape index (κ2) is 6.17. The molecule has 0 bridgehead atoms. The Morgan fingerprint density at radius 1 is 1.06 bits per heavy atom. The molecule has 0 aliphatic rings. The van der Waals surface area contributed by atoms with Crippen LogP contribution < -0.4 is 5.32 Å². The first-order chi connectivity index (χ1) is 8.79. The minimum absolute atomic E-state index is 0.0983. The number of rotatable bonds is 4. The number of alkyl halides is 1. The average Bonchev–Trinajstić information content (AvgIpc) is 2.46. The number of nitrogens with one attached hydrogen (secondary N) is 1. The molecule has 0 unspecified atom stereocenters. The van der Waals surface area contributed by atoms with E-state index in [1.807, 2.05) is 24.3 Å². The Kier molecular flexibility index (Phi) is 4.31. The zero-order valence-corrected chi connectivity index (χ0v) is 10.5. The lowest BCUT2D eigenvalue weighted by molar-refractivity contribution is 0.0951. The molecule has 0 saturated carbocycles. The minimum Gasteiger partial charge on any atom is -0.348 e. The molecule has 1 aromatic carbocycles. The summed E-state index contributed by atoms with van der Waals surface area (Å²) in [5.74, 6) is 0.405. The topological polar surface area (TPSA) is 42.0 Å². The Labute approximate surface area is 111 Å². The maximum atomic E-state index is 11.8. The van der Waals surface area contributed by atoms with E-state index in [9.17, 15) is 4.79 Å². The van der Waals surface area contributed by atoms with Crippen molar-refractivity contribution in [3.05, 3.63) is 65.5 Å². The van der Waals surface area contributed by atoms with Crippen molar-refractivity contribution in [2.45, 2.75) is 12.4 Å². The molecule has 0 fully saturated rings. The zero-order valence-electron chi connectivity index (χ0n) is 9.77. The van der Waals surface area contributed by atoms with Crippen LogP contribution >= 0.6 is 11.6 Å². The van der Waals surface area contributed by atoms with Crippen LogP contribution in [-0.4, -0.2) is 10.9 Å². The lowest BCUT2D eigenvalue weighted by Gasteiger charge is -2.05. The molecule has 18 heavy (non-hydrogen) atoms. The third-order valence-corrected chi connectivity index (χ3v) is 2.88. The molecule has 92 valence electrons. The molecule has 3 nitrogen and oxygen atoms in total. The summed E-state index contributed by atoms with van der Waals surface area (Å²) < 4.78 is 0. The van der Waals surface area contributed by atoms with Crippen LogP contribution in [0.2, 0.25) is 0 Å². The Hall–Kier alpha value is -1.87. The van der Waals surface area contributed by atoms with Gasteiger partial charge in [-0.25, -0.2) is 0 Å². The summed E-state index contributed by atoms with van der Waals surface area (Å²) in [7, 11) is 0. The molecule has 1 aromatic heterocycles. The third-order valence-electron chi connectivity index (χ3n) is 2.57. The van der Waals surface area contributed by atoms with Gasteiger partial charge in [0.2, 0.25) is 0 Å². The molecule has 4 heteroatoms. The summed E-state index contributed by atoms with van der Waals surface area (Å²) in [4.78, 5) is 15.7. The van der Waals surface area contributed by atoms with Crippen molar-refractivity contribution in [1.82, 2.24) is 10.3 Å². The Balaban J connectivity index is 1.93. The van der Waals surface area contributed by atoms with Gasteiger partial charge in [-0.05, 0) is 23.3 Å². The van der Waals surface area contributed by atoms with Crippen molar-refractivity contribution in [2.75, 3.05) is 0 Å². The Morgan fingerprint density at radius 3 is 2.28 bits per heavy atom. The van der Waals surface area contributed by atoms with Gasteiger partial charge in [0.15, 0.2) is 0 Å². The minimum atomic E-state index is -0.0983. The number of carbonyl (C=O) groups excluding carboxylic acids is 1. The fourth-order valence-electron chi connectivity index (χ4n) is 1.53. The number of aromatic nitrogens is 1. The highest BCUT2D eigenvalue weighted by molar-refractivity contribution is 6.17. The summed E-state index contributed by atoms with van der Waals surface area (Å²) in [6.45, 7) is 0.504. The van der Waals surface area contributed by atoms with E-state index in [0.717, 1.165) is 11.1 Å². The molecule has 1 amide bonds. The van der Waals surface area contributed by atoms with Gasteiger partial charge in [-0.3, -0.25) is 9.78 Å². The average molecular weight is 261 g/mol. The molecule has 0 saturated heterocycles. The van der Waals surface area contributed by atoms with Gasteiger partial charge in [0.05, 0.1) is 0 Å². The van der Waals surface area contributed by atoms with Crippen LogP contribution in [0.25, 0.3) is 0 Å². The molecule has 0 radical (unpaired) electrons. The van der Waals surface area contributed by atoms with Crippen molar-refractivity contribution >= 4 is 17.5 Å². The highest BCUT2D eigenvalue weighted by atomic mass is 35.5. The van der Waals surface area contributed by atoms with Crippen molar-refractivity contribution in [3.63, 3.8) is 0 Å². The van der Waals surface area contributed by atoms with Crippen LogP contribution in [0.5, 0.6) is 0 Å². The maximum absolute atomic E-state index is 11.8. The smallest absolute Gasteiger partial charge is 0.251 e. The fraction of sp³-hybridized carbons (Fsp3) is 0.143. The van der Waals surface area contributed by atoms with E-state index >= 15 is 0 Å². The van der Waals surface area contributed by atoms with Crippen molar-refractivity contribution in [1.29, 1.82) is 0 Å². The lowest BCUT2D eigenvalue weighted by Crippen LogP contribution is -2.22. The van der Waals surface area contributed by atoms with Crippen LogP contribution in [0, 0.1) is 0 Å². The van der Waals surface area contributed by atoms with Gasteiger partial charge in [0.1, 0.15) is 0 Å². The number of hydrogen-bond donors (Lipinski definition) is 1. The zero-order chi connectivity index (χ0) is 12.8. The van der Waals surface area contributed by atoms with Gasteiger partial charge in [0.25, 0.3) is 5.91 Å². The lowest BCUT2D eigenvalue weighted by atomic mass is 10.1. The molecule has 2 aromatic rings. The first kappa shape index (κ1) is 12.6. The molecule has 2 rings (SSSR count). The van der Waals surface area contributed by atoms with Crippen LogP contribution in [0.4, 0.5) is 0 Å². The molecule has 0 aliphatic heterocycles. The highest BCUT2D eigenvalue weighted by Crippen LogP contribution is 2.07. The van der Waals surface area contributed by atoms with Crippen molar-refractivity contribution in [3.8, 4) is 0 Å². The standard InChI is InChI=1S/C14H13ClN2O/c15-9-11-1-3-12(4-2-11)10-17-14(18)13-5-7-16-8-6-13/h1-8H,9-10H2,(H,17,18).